The Morgan fingerprint density at radius 1 is 1.25 bits per heavy atom. The van der Waals surface area contributed by atoms with Gasteiger partial charge in [0.1, 0.15) is 5.76 Å². The molecule has 24 heavy (non-hydrogen) atoms. The van der Waals surface area contributed by atoms with Crippen LogP contribution in [0.1, 0.15) is 24.6 Å². The lowest BCUT2D eigenvalue weighted by atomic mass is 10.2. The molecule has 3 rings (SSSR count). The molecule has 1 aromatic carbocycles. The second-order valence-electron chi connectivity index (χ2n) is 5.42. The molecule has 0 spiro atoms. The lowest BCUT2D eigenvalue weighted by Gasteiger charge is -2.20. The molecule has 0 radical (unpaired) electrons. The third-order valence-electron chi connectivity index (χ3n) is 3.77. The van der Waals surface area contributed by atoms with E-state index in [1.165, 1.54) is 12.1 Å². The van der Waals surface area contributed by atoms with Crippen molar-refractivity contribution in [3.8, 4) is 11.5 Å². The van der Waals surface area contributed by atoms with E-state index in [0.717, 1.165) is 5.76 Å². The van der Waals surface area contributed by atoms with E-state index in [2.05, 4.69) is 10.2 Å². The first-order chi connectivity index (χ1) is 11.5. The van der Waals surface area contributed by atoms with Crippen molar-refractivity contribution in [3.05, 3.63) is 64.4 Å². The minimum atomic E-state index is -0.450. The molecule has 0 bridgehead atoms. The predicted molar refractivity (Wildman–Crippen MR) is 85.0 cm³/mol. The fourth-order valence-electron chi connectivity index (χ4n) is 2.22. The quantitative estimate of drug-likeness (QED) is 0.505. The Morgan fingerprint density at radius 2 is 2.00 bits per heavy atom. The second-order valence-corrected chi connectivity index (χ2v) is 5.42. The zero-order chi connectivity index (χ0) is 17.1. The van der Waals surface area contributed by atoms with E-state index >= 15 is 0 Å². The fourth-order valence-corrected chi connectivity index (χ4v) is 2.22. The van der Waals surface area contributed by atoms with Crippen LogP contribution in [0.15, 0.2) is 51.5 Å². The summed E-state index contributed by atoms with van der Waals surface area (Å²) in [5, 5.41) is 18.8. The van der Waals surface area contributed by atoms with Crippen LogP contribution in [0.3, 0.4) is 0 Å². The normalized spacial score (nSPS) is 12.5. The van der Waals surface area contributed by atoms with Crippen molar-refractivity contribution in [3.63, 3.8) is 0 Å². The van der Waals surface area contributed by atoms with Crippen LogP contribution in [0.2, 0.25) is 0 Å². The molecular formula is C16H16N4O4. The van der Waals surface area contributed by atoms with Crippen LogP contribution < -0.4 is 0 Å². The monoisotopic (exact) mass is 328 g/mol. The van der Waals surface area contributed by atoms with Gasteiger partial charge in [0, 0.05) is 17.7 Å². The number of nitrogens with zero attached hydrogens (tertiary/aromatic N) is 4. The summed E-state index contributed by atoms with van der Waals surface area (Å²) in [6, 6.07) is 9.64. The van der Waals surface area contributed by atoms with Crippen molar-refractivity contribution >= 4 is 5.69 Å². The Kier molecular flexibility index (Phi) is 4.39. The van der Waals surface area contributed by atoms with Crippen LogP contribution in [-0.2, 0) is 6.54 Å². The van der Waals surface area contributed by atoms with Gasteiger partial charge in [-0.15, -0.1) is 10.2 Å². The van der Waals surface area contributed by atoms with E-state index in [9.17, 15) is 10.1 Å². The van der Waals surface area contributed by atoms with Gasteiger partial charge in [-0.25, -0.2) is 0 Å². The highest BCUT2D eigenvalue weighted by Crippen LogP contribution is 2.25. The van der Waals surface area contributed by atoms with Gasteiger partial charge < -0.3 is 8.83 Å². The zero-order valence-electron chi connectivity index (χ0n) is 13.2. The minimum absolute atomic E-state index is 0.0186. The molecule has 0 aliphatic rings. The first kappa shape index (κ1) is 15.9. The van der Waals surface area contributed by atoms with E-state index in [1.54, 1.807) is 18.4 Å². The van der Waals surface area contributed by atoms with Crippen LogP contribution in [0, 0.1) is 10.1 Å². The molecule has 2 heterocycles. The molecule has 2 aromatic heterocycles. The van der Waals surface area contributed by atoms with Gasteiger partial charge in [-0.05, 0) is 38.2 Å². The fraction of sp³-hybridized carbons (Fsp3) is 0.250. The van der Waals surface area contributed by atoms with Crippen molar-refractivity contribution in [1.29, 1.82) is 0 Å². The number of hydrogen-bond donors (Lipinski definition) is 0. The highest BCUT2D eigenvalue weighted by atomic mass is 16.6. The van der Waals surface area contributed by atoms with Crippen molar-refractivity contribution < 1.29 is 13.8 Å². The maximum Gasteiger partial charge on any atom is 0.269 e. The summed E-state index contributed by atoms with van der Waals surface area (Å²) < 4.78 is 11.0. The van der Waals surface area contributed by atoms with E-state index in [4.69, 9.17) is 8.83 Å². The molecule has 0 fully saturated rings. The summed E-state index contributed by atoms with van der Waals surface area (Å²) in [5.74, 6) is 1.65. The smallest absolute Gasteiger partial charge is 0.269 e. The van der Waals surface area contributed by atoms with Gasteiger partial charge in [0.05, 0.1) is 23.8 Å². The third-order valence-corrected chi connectivity index (χ3v) is 3.77. The predicted octanol–water partition coefficient (Wildman–Crippen LogP) is 3.43. The van der Waals surface area contributed by atoms with Crippen molar-refractivity contribution in [2.24, 2.45) is 0 Å². The minimum Gasteiger partial charge on any atom is -0.468 e. The van der Waals surface area contributed by atoms with Gasteiger partial charge in [0.25, 0.3) is 5.69 Å². The Bertz CT molecular complexity index is 811. The number of non-ortho nitro benzene ring substituents is 1. The van der Waals surface area contributed by atoms with Crippen LogP contribution in [0.25, 0.3) is 11.5 Å². The largest absolute Gasteiger partial charge is 0.468 e. The summed E-state index contributed by atoms with van der Waals surface area (Å²) in [7, 11) is 1.93. The van der Waals surface area contributed by atoms with Gasteiger partial charge in [-0.2, -0.15) is 0 Å². The second kappa shape index (κ2) is 6.63. The van der Waals surface area contributed by atoms with Crippen molar-refractivity contribution in [2.75, 3.05) is 7.05 Å². The maximum atomic E-state index is 10.7. The molecule has 8 heteroatoms. The van der Waals surface area contributed by atoms with Gasteiger partial charge >= 0.3 is 0 Å². The Morgan fingerprint density at radius 3 is 2.62 bits per heavy atom. The van der Waals surface area contributed by atoms with Crippen LogP contribution >= 0.6 is 0 Å². The van der Waals surface area contributed by atoms with Crippen LogP contribution in [0.4, 0.5) is 5.69 Å². The molecule has 0 N–H and O–H groups in total. The van der Waals surface area contributed by atoms with Crippen molar-refractivity contribution in [2.45, 2.75) is 19.5 Å². The molecule has 0 saturated carbocycles. The summed E-state index contributed by atoms with van der Waals surface area (Å²) in [5.41, 5.74) is 0.658. The van der Waals surface area contributed by atoms with Gasteiger partial charge in [0.15, 0.2) is 0 Å². The zero-order valence-corrected chi connectivity index (χ0v) is 13.2. The Balaban J connectivity index is 1.73. The molecule has 0 saturated heterocycles. The average Bonchev–Trinajstić information content (AvgIpc) is 3.26. The Labute approximate surface area is 137 Å². The molecule has 0 amide bonds. The maximum absolute atomic E-state index is 10.7. The summed E-state index contributed by atoms with van der Waals surface area (Å²) in [6.07, 6.45) is 1.63. The Hall–Kier alpha value is -3.00. The molecule has 1 atom stereocenters. The van der Waals surface area contributed by atoms with Crippen LogP contribution in [-0.4, -0.2) is 27.1 Å². The summed E-state index contributed by atoms with van der Waals surface area (Å²) in [4.78, 5) is 12.3. The highest BCUT2D eigenvalue weighted by molar-refractivity contribution is 5.55. The SMILES string of the molecule is C[C@@H](c1nnc(-c2ccc([N+](=O)[O-])cc2)o1)N(C)Cc1ccco1. The van der Waals surface area contributed by atoms with Crippen LogP contribution in [0.5, 0.6) is 0 Å². The van der Waals surface area contributed by atoms with E-state index < -0.39 is 4.92 Å². The molecule has 8 nitrogen and oxygen atoms in total. The number of benzene rings is 1. The molecule has 0 aliphatic heterocycles. The number of aromatic nitrogens is 2. The molecule has 124 valence electrons. The number of rotatable bonds is 6. The standard InChI is InChI=1S/C16H16N4O4/c1-11(19(2)10-14-4-3-9-23-14)15-17-18-16(24-15)12-5-7-13(8-6-12)20(21)22/h3-9,11H,10H2,1-2H3/t11-/m0/s1. The van der Waals surface area contributed by atoms with E-state index in [-0.39, 0.29) is 11.7 Å². The summed E-state index contributed by atoms with van der Waals surface area (Å²) >= 11 is 0. The first-order valence-corrected chi connectivity index (χ1v) is 7.35. The summed E-state index contributed by atoms with van der Waals surface area (Å²) in [6.45, 7) is 2.57. The van der Waals surface area contributed by atoms with E-state index in [1.807, 2.05) is 31.0 Å². The number of nitro benzene ring substituents is 1. The average molecular weight is 328 g/mol. The molecule has 0 unspecified atom stereocenters. The molecular weight excluding hydrogens is 312 g/mol. The third kappa shape index (κ3) is 3.33. The number of furan rings is 1. The first-order valence-electron chi connectivity index (χ1n) is 7.35. The topological polar surface area (TPSA) is 98.4 Å². The number of nitro groups is 1. The molecule has 3 aromatic rings. The molecule has 0 aliphatic carbocycles. The van der Waals surface area contributed by atoms with E-state index in [0.29, 0.717) is 23.9 Å². The van der Waals surface area contributed by atoms with Gasteiger partial charge in [-0.1, -0.05) is 0 Å². The lowest BCUT2D eigenvalue weighted by molar-refractivity contribution is -0.384. The van der Waals surface area contributed by atoms with Gasteiger partial charge in [0.2, 0.25) is 11.8 Å². The van der Waals surface area contributed by atoms with Gasteiger partial charge in [-0.3, -0.25) is 15.0 Å². The van der Waals surface area contributed by atoms with Crippen molar-refractivity contribution in [1.82, 2.24) is 15.1 Å². The number of hydrogen-bond acceptors (Lipinski definition) is 7. The highest BCUT2D eigenvalue weighted by Gasteiger charge is 2.20. The lowest BCUT2D eigenvalue weighted by Crippen LogP contribution is -2.21.